The normalized spacial score (nSPS) is 12.6. The minimum absolute atomic E-state index is 0.421. The van der Waals surface area contributed by atoms with Crippen molar-refractivity contribution in [2.75, 3.05) is 7.11 Å². The van der Waals surface area contributed by atoms with Crippen molar-refractivity contribution in [1.29, 1.82) is 0 Å². The van der Waals surface area contributed by atoms with Gasteiger partial charge in [0.2, 0.25) is 0 Å². The number of aliphatic hydroxyl groups excluding tert-OH is 1. The highest BCUT2D eigenvalue weighted by atomic mass is 16.5. The van der Waals surface area contributed by atoms with E-state index in [1.54, 1.807) is 7.11 Å². The predicted octanol–water partition coefficient (Wildman–Crippen LogP) is 2.45. The van der Waals surface area contributed by atoms with Crippen molar-refractivity contribution in [3.8, 4) is 5.75 Å². The number of hydrogen-bond donors (Lipinski definition) is 1. The number of hydrogen-bond acceptors (Lipinski definition) is 2. The Hall–Kier alpha value is -1.02. The van der Waals surface area contributed by atoms with Gasteiger partial charge in [-0.15, -0.1) is 0 Å². The van der Waals surface area contributed by atoms with Crippen LogP contribution in [0.15, 0.2) is 18.2 Å². The average molecular weight is 180 g/mol. The Bertz CT molecular complexity index is 281. The van der Waals surface area contributed by atoms with Crippen molar-refractivity contribution >= 4 is 0 Å². The molecule has 0 fully saturated rings. The summed E-state index contributed by atoms with van der Waals surface area (Å²) in [6.45, 7) is 3.96. The average Bonchev–Trinajstić information content (AvgIpc) is 2.16. The van der Waals surface area contributed by atoms with Crippen LogP contribution in [0.1, 0.15) is 30.6 Å². The highest BCUT2D eigenvalue weighted by Crippen LogP contribution is 2.27. The molecule has 0 aromatic heterocycles. The molecular formula is C11H16O2. The Labute approximate surface area is 79.2 Å². The van der Waals surface area contributed by atoms with Crippen LogP contribution in [-0.4, -0.2) is 12.2 Å². The summed E-state index contributed by atoms with van der Waals surface area (Å²) in [7, 11) is 1.62. The summed E-state index contributed by atoms with van der Waals surface area (Å²) in [6.07, 6.45) is 0.287. The lowest BCUT2D eigenvalue weighted by molar-refractivity contribution is 0.169. The fourth-order valence-corrected chi connectivity index (χ4v) is 1.33. The van der Waals surface area contributed by atoms with E-state index in [-0.39, 0.29) is 0 Å². The van der Waals surface area contributed by atoms with E-state index in [2.05, 4.69) is 0 Å². The van der Waals surface area contributed by atoms with Crippen LogP contribution in [0.4, 0.5) is 0 Å². The first-order valence-electron chi connectivity index (χ1n) is 4.51. The fraction of sp³-hybridized carbons (Fsp3) is 0.455. The molecule has 1 rings (SSSR count). The van der Waals surface area contributed by atoms with Gasteiger partial charge in [-0.1, -0.05) is 18.6 Å². The summed E-state index contributed by atoms with van der Waals surface area (Å²) in [5.41, 5.74) is 2.02. The number of ether oxygens (including phenoxy) is 1. The Balaban J connectivity index is 3.07. The van der Waals surface area contributed by atoms with Crippen molar-refractivity contribution in [3.05, 3.63) is 29.3 Å². The minimum atomic E-state index is -0.421. The van der Waals surface area contributed by atoms with Gasteiger partial charge in [0.25, 0.3) is 0 Å². The predicted molar refractivity (Wildman–Crippen MR) is 53.0 cm³/mol. The van der Waals surface area contributed by atoms with Gasteiger partial charge in [-0.25, -0.2) is 0 Å². The lowest BCUT2D eigenvalue weighted by Gasteiger charge is -2.13. The molecule has 0 saturated heterocycles. The zero-order valence-corrected chi connectivity index (χ0v) is 8.37. The number of methoxy groups -OCH3 is 1. The molecule has 1 atom stereocenters. The van der Waals surface area contributed by atoms with E-state index in [4.69, 9.17) is 4.74 Å². The van der Waals surface area contributed by atoms with E-state index < -0.39 is 6.10 Å². The van der Waals surface area contributed by atoms with E-state index >= 15 is 0 Å². The van der Waals surface area contributed by atoms with Gasteiger partial charge in [-0.05, 0) is 25.5 Å². The van der Waals surface area contributed by atoms with Gasteiger partial charge in [-0.3, -0.25) is 0 Å². The van der Waals surface area contributed by atoms with Crippen LogP contribution in [0.5, 0.6) is 5.75 Å². The Kier molecular flexibility index (Phi) is 3.32. The molecule has 0 heterocycles. The molecule has 0 aliphatic rings. The molecule has 0 saturated carbocycles. The molecule has 0 amide bonds. The molecule has 13 heavy (non-hydrogen) atoms. The van der Waals surface area contributed by atoms with Gasteiger partial charge in [0.1, 0.15) is 5.75 Å². The Morgan fingerprint density at radius 1 is 1.46 bits per heavy atom. The third-order valence-electron chi connectivity index (χ3n) is 2.13. The van der Waals surface area contributed by atoms with E-state index in [0.717, 1.165) is 16.9 Å². The third kappa shape index (κ3) is 2.22. The monoisotopic (exact) mass is 180 g/mol. The Morgan fingerprint density at radius 3 is 2.69 bits per heavy atom. The van der Waals surface area contributed by atoms with Crippen LogP contribution < -0.4 is 4.74 Å². The zero-order chi connectivity index (χ0) is 9.84. The van der Waals surface area contributed by atoms with E-state index in [9.17, 15) is 5.11 Å². The lowest BCUT2D eigenvalue weighted by Crippen LogP contribution is -1.99. The van der Waals surface area contributed by atoms with Crippen molar-refractivity contribution in [1.82, 2.24) is 0 Å². The first-order chi connectivity index (χ1) is 6.19. The first kappa shape index (κ1) is 10.1. The summed E-state index contributed by atoms with van der Waals surface area (Å²) in [5, 5.41) is 9.69. The maximum absolute atomic E-state index is 9.69. The molecule has 0 unspecified atom stereocenters. The topological polar surface area (TPSA) is 29.5 Å². The van der Waals surface area contributed by atoms with Crippen LogP contribution >= 0.6 is 0 Å². The number of benzene rings is 1. The third-order valence-corrected chi connectivity index (χ3v) is 2.13. The van der Waals surface area contributed by atoms with Crippen molar-refractivity contribution in [2.45, 2.75) is 26.4 Å². The molecule has 0 aliphatic carbocycles. The molecule has 0 bridgehead atoms. The number of rotatable bonds is 3. The van der Waals surface area contributed by atoms with Crippen LogP contribution in [0.25, 0.3) is 0 Å². The zero-order valence-electron chi connectivity index (χ0n) is 8.37. The van der Waals surface area contributed by atoms with Gasteiger partial charge in [-0.2, -0.15) is 0 Å². The van der Waals surface area contributed by atoms with Gasteiger partial charge < -0.3 is 9.84 Å². The largest absolute Gasteiger partial charge is 0.496 e. The standard InChI is InChI=1S/C11H16O2/c1-4-10(12)9-7-8(2)5-6-11(9)13-3/h5-7,10,12H,4H2,1-3H3/t10-/m1/s1. The molecular weight excluding hydrogens is 164 g/mol. The van der Waals surface area contributed by atoms with Crippen LogP contribution in [-0.2, 0) is 0 Å². The molecule has 1 N–H and O–H groups in total. The maximum Gasteiger partial charge on any atom is 0.124 e. The molecule has 72 valence electrons. The van der Waals surface area contributed by atoms with E-state index in [0.29, 0.717) is 6.42 Å². The van der Waals surface area contributed by atoms with E-state index in [1.165, 1.54) is 0 Å². The van der Waals surface area contributed by atoms with Gasteiger partial charge in [0, 0.05) is 5.56 Å². The minimum Gasteiger partial charge on any atom is -0.496 e. The summed E-state index contributed by atoms with van der Waals surface area (Å²) in [4.78, 5) is 0. The van der Waals surface area contributed by atoms with Crippen LogP contribution in [0.2, 0.25) is 0 Å². The molecule has 0 radical (unpaired) electrons. The van der Waals surface area contributed by atoms with Gasteiger partial charge in [0.05, 0.1) is 13.2 Å². The van der Waals surface area contributed by atoms with Crippen LogP contribution in [0.3, 0.4) is 0 Å². The second-order valence-corrected chi connectivity index (χ2v) is 3.17. The highest BCUT2D eigenvalue weighted by molar-refractivity contribution is 5.38. The first-order valence-corrected chi connectivity index (χ1v) is 4.51. The van der Waals surface area contributed by atoms with E-state index in [1.807, 2.05) is 32.0 Å². The molecule has 1 aromatic rings. The molecule has 1 aromatic carbocycles. The van der Waals surface area contributed by atoms with Gasteiger partial charge >= 0.3 is 0 Å². The summed E-state index contributed by atoms with van der Waals surface area (Å²) < 4.78 is 5.16. The highest BCUT2D eigenvalue weighted by Gasteiger charge is 2.10. The maximum atomic E-state index is 9.69. The summed E-state index contributed by atoms with van der Waals surface area (Å²) >= 11 is 0. The SMILES string of the molecule is CC[C@@H](O)c1cc(C)ccc1OC. The number of aliphatic hydroxyl groups is 1. The second kappa shape index (κ2) is 4.28. The number of aryl methyl sites for hydroxylation is 1. The molecule has 0 spiro atoms. The lowest BCUT2D eigenvalue weighted by atomic mass is 10.0. The van der Waals surface area contributed by atoms with Crippen molar-refractivity contribution in [3.63, 3.8) is 0 Å². The smallest absolute Gasteiger partial charge is 0.124 e. The quantitative estimate of drug-likeness (QED) is 0.774. The molecule has 0 aliphatic heterocycles. The van der Waals surface area contributed by atoms with Crippen LogP contribution in [0, 0.1) is 6.92 Å². The Morgan fingerprint density at radius 2 is 2.15 bits per heavy atom. The molecule has 2 nitrogen and oxygen atoms in total. The van der Waals surface area contributed by atoms with Crippen molar-refractivity contribution in [2.24, 2.45) is 0 Å². The van der Waals surface area contributed by atoms with Crippen molar-refractivity contribution < 1.29 is 9.84 Å². The summed E-state index contributed by atoms with van der Waals surface area (Å²) in [5.74, 6) is 0.764. The fourth-order valence-electron chi connectivity index (χ4n) is 1.33. The molecule has 2 heteroatoms. The van der Waals surface area contributed by atoms with Gasteiger partial charge in [0.15, 0.2) is 0 Å². The second-order valence-electron chi connectivity index (χ2n) is 3.17. The summed E-state index contributed by atoms with van der Waals surface area (Å²) in [6, 6.07) is 5.83.